The molecule has 2 heteroatoms. The van der Waals surface area contributed by atoms with E-state index in [4.69, 9.17) is 0 Å². The van der Waals surface area contributed by atoms with Gasteiger partial charge in [0.05, 0.1) is 0 Å². The van der Waals surface area contributed by atoms with Crippen molar-refractivity contribution in [1.29, 1.82) is 0 Å². The first kappa shape index (κ1) is 13.4. The van der Waals surface area contributed by atoms with Crippen LogP contribution in [0.2, 0.25) is 0 Å². The van der Waals surface area contributed by atoms with Gasteiger partial charge in [0.25, 0.3) is 0 Å². The highest BCUT2D eigenvalue weighted by Crippen LogP contribution is 2.24. The zero-order chi connectivity index (χ0) is 12.2. The average Bonchev–Trinajstić information content (AvgIpc) is 2.68. The molecule has 0 aromatic rings. The van der Waals surface area contributed by atoms with Crippen molar-refractivity contribution in [3.05, 3.63) is 23.3 Å². The van der Waals surface area contributed by atoms with Crippen molar-refractivity contribution in [1.82, 2.24) is 5.32 Å². The normalized spacial score (nSPS) is 23.9. The number of halogens is 1. The first-order valence-electron chi connectivity index (χ1n) is 6.25. The topological polar surface area (TPSA) is 12.0 Å². The molecule has 1 heterocycles. The molecule has 1 fully saturated rings. The lowest BCUT2D eigenvalue weighted by Gasteiger charge is -2.17. The average molecular weight is 225 g/mol. The van der Waals surface area contributed by atoms with Crippen LogP contribution in [-0.4, -0.2) is 18.3 Å². The van der Waals surface area contributed by atoms with E-state index in [1.807, 2.05) is 13.0 Å². The van der Waals surface area contributed by atoms with E-state index in [1.54, 1.807) is 13.8 Å². The summed E-state index contributed by atoms with van der Waals surface area (Å²) < 4.78 is 13.8. The van der Waals surface area contributed by atoms with Gasteiger partial charge in [0.2, 0.25) is 0 Å². The van der Waals surface area contributed by atoms with Crippen molar-refractivity contribution in [3.8, 4) is 0 Å². The highest BCUT2D eigenvalue weighted by atomic mass is 19.1. The number of nitrogens with one attached hydrogen (secondary N) is 1. The van der Waals surface area contributed by atoms with Crippen LogP contribution in [-0.2, 0) is 0 Å². The number of hydrogen-bond donors (Lipinski definition) is 1. The zero-order valence-electron chi connectivity index (χ0n) is 10.9. The van der Waals surface area contributed by atoms with Crippen molar-refractivity contribution in [2.75, 3.05) is 6.54 Å². The second-order valence-corrected chi connectivity index (χ2v) is 5.08. The summed E-state index contributed by atoms with van der Waals surface area (Å²) in [7, 11) is 0. The van der Waals surface area contributed by atoms with Crippen molar-refractivity contribution in [2.24, 2.45) is 0 Å². The Kier molecular flexibility index (Phi) is 4.72. The van der Waals surface area contributed by atoms with E-state index in [9.17, 15) is 4.39 Å². The molecule has 0 spiro atoms. The van der Waals surface area contributed by atoms with Crippen LogP contribution in [0, 0.1) is 0 Å². The monoisotopic (exact) mass is 225 g/mol. The molecule has 1 nitrogen and oxygen atoms in total. The third kappa shape index (κ3) is 3.75. The maximum atomic E-state index is 13.8. The number of allylic oxidation sites excluding steroid dienone is 3. The fourth-order valence-electron chi connectivity index (χ4n) is 2.16. The highest BCUT2D eigenvalue weighted by Gasteiger charge is 2.20. The van der Waals surface area contributed by atoms with Crippen LogP contribution in [0.25, 0.3) is 0 Å². The molecule has 0 unspecified atom stereocenters. The van der Waals surface area contributed by atoms with Crippen LogP contribution < -0.4 is 5.32 Å². The summed E-state index contributed by atoms with van der Waals surface area (Å²) in [5, 5.41) is 3.45. The summed E-state index contributed by atoms with van der Waals surface area (Å²) in [6.45, 7) is 8.48. The van der Waals surface area contributed by atoms with Crippen molar-refractivity contribution >= 4 is 0 Å². The fraction of sp³-hybridized carbons (Fsp3) is 0.714. The molecule has 1 atom stereocenters. The van der Waals surface area contributed by atoms with Crippen LogP contribution in [0.4, 0.5) is 4.39 Å². The number of rotatable bonds is 4. The summed E-state index contributed by atoms with van der Waals surface area (Å²) in [4.78, 5) is 0. The van der Waals surface area contributed by atoms with E-state index in [-0.39, 0.29) is 0 Å². The van der Waals surface area contributed by atoms with Gasteiger partial charge in [-0.05, 0) is 52.2 Å². The molecular formula is C14H24FN. The first-order valence-corrected chi connectivity index (χ1v) is 6.25. The Morgan fingerprint density at radius 2 is 2.12 bits per heavy atom. The standard InChI is InChI=1S/C14H24FN/c1-5-12(14(3,4)15)9-8-11(2)13-7-6-10-16-13/h8-9,13,16H,5-7,10H2,1-4H3/b11-8+,12-9+/t13-/m1/s1. The van der Waals surface area contributed by atoms with Crippen LogP contribution in [0.15, 0.2) is 23.3 Å². The SMILES string of the molecule is CC/C(=C\C=C(/C)[C@H]1CCCN1)C(C)(C)F. The Balaban J connectivity index is 2.70. The molecule has 0 saturated carbocycles. The van der Waals surface area contributed by atoms with E-state index in [2.05, 4.69) is 18.3 Å². The second-order valence-electron chi connectivity index (χ2n) is 5.08. The van der Waals surface area contributed by atoms with Gasteiger partial charge < -0.3 is 5.32 Å². The van der Waals surface area contributed by atoms with Gasteiger partial charge in [0.1, 0.15) is 5.67 Å². The Labute approximate surface area is 98.8 Å². The lowest BCUT2D eigenvalue weighted by molar-refractivity contribution is 0.263. The van der Waals surface area contributed by atoms with Gasteiger partial charge in [0.15, 0.2) is 0 Å². The van der Waals surface area contributed by atoms with Gasteiger partial charge in [-0.3, -0.25) is 0 Å². The number of hydrogen-bond acceptors (Lipinski definition) is 1. The highest BCUT2D eigenvalue weighted by molar-refractivity contribution is 5.24. The molecule has 0 bridgehead atoms. The maximum Gasteiger partial charge on any atom is 0.126 e. The van der Waals surface area contributed by atoms with Gasteiger partial charge >= 0.3 is 0 Å². The molecule has 16 heavy (non-hydrogen) atoms. The minimum atomic E-state index is -1.20. The van der Waals surface area contributed by atoms with Gasteiger partial charge in [-0.25, -0.2) is 4.39 Å². The molecule has 0 aliphatic carbocycles. The van der Waals surface area contributed by atoms with Crippen LogP contribution in [0.3, 0.4) is 0 Å². The summed E-state index contributed by atoms with van der Waals surface area (Å²) in [5.41, 5.74) is 0.979. The third-order valence-electron chi connectivity index (χ3n) is 3.30. The fourth-order valence-corrected chi connectivity index (χ4v) is 2.16. The largest absolute Gasteiger partial charge is 0.310 e. The summed E-state index contributed by atoms with van der Waals surface area (Å²) in [6.07, 6.45) is 7.25. The maximum absolute atomic E-state index is 13.8. The van der Waals surface area contributed by atoms with Crippen LogP contribution in [0.5, 0.6) is 0 Å². The molecule has 1 rings (SSSR count). The Morgan fingerprint density at radius 3 is 2.56 bits per heavy atom. The van der Waals surface area contributed by atoms with Gasteiger partial charge in [-0.2, -0.15) is 0 Å². The molecule has 1 aliphatic heterocycles. The molecular weight excluding hydrogens is 201 g/mol. The van der Waals surface area contributed by atoms with Gasteiger partial charge in [-0.15, -0.1) is 0 Å². The second kappa shape index (κ2) is 5.62. The minimum absolute atomic E-state index is 0.497. The predicted molar refractivity (Wildman–Crippen MR) is 68.3 cm³/mol. The first-order chi connectivity index (χ1) is 7.45. The van der Waals surface area contributed by atoms with Crippen molar-refractivity contribution in [3.63, 3.8) is 0 Å². The third-order valence-corrected chi connectivity index (χ3v) is 3.30. The van der Waals surface area contributed by atoms with E-state index >= 15 is 0 Å². The van der Waals surface area contributed by atoms with E-state index < -0.39 is 5.67 Å². The quantitative estimate of drug-likeness (QED) is 0.718. The van der Waals surface area contributed by atoms with Crippen molar-refractivity contribution in [2.45, 2.75) is 58.7 Å². The predicted octanol–water partition coefficient (Wildman–Crippen LogP) is 3.77. The minimum Gasteiger partial charge on any atom is -0.310 e. The van der Waals surface area contributed by atoms with E-state index in [0.29, 0.717) is 6.04 Å². The lowest BCUT2D eigenvalue weighted by atomic mass is 9.96. The molecule has 0 aromatic heterocycles. The summed E-state index contributed by atoms with van der Waals surface area (Å²) in [5.74, 6) is 0. The smallest absolute Gasteiger partial charge is 0.126 e. The Bertz CT molecular complexity index is 278. The molecule has 1 saturated heterocycles. The van der Waals surface area contributed by atoms with Crippen molar-refractivity contribution < 1.29 is 4.39 Å². The molecule has 0 radical (unpaired) electrons. The van der Waals surface area contributed by atoms with Crippen LogP contribution in [0.1, 0.15) is 47.0 Å². The lowest BCUT2D eigenvalue weighted by Crippen LogP contribution is -2.22. The van der Waals surface area contributed by atoms with Crippen LogP contribution >= 0.6 is 0 Å². The van der Waals surface area contributed by atoms with Gasteiger partial charge in [-0.1, -0.05) is 24.6 Å². The Hall–Kier alpha value is -0.630. The molecule has 1 N–H and O–H groups in total. The number of alkyl halides is 1. The van der Waals surface area contributed by atoms with E-state index in [1.165, 1.54) is 18.4 Å². The van der Waals surface area contributed by atoms with E-state index in [0.717, 1.165) is 18.5 Å². The molecule has 0 amide bonds. The molecule has 1 aliphatic rings. The summed E-state index contributed by atoms with van der Waals surface area (Å²) >= 11 is 0. The van der Waals surface area contributed by atoms with Gasteiger partial charge in [0, 0.05) is 6.04 Å². The Morgan fingerprint density at radius 1 is 1.44 bits per heavy atom. The zero-order valence-corrected chi connectivity index (χ0v) is 10.9. The molecule has 0 aromatic carbocycles. The molecule has 92 valence electrons. The summed E-state index contributed by atoms with van der Waals surface area (Å²) in [6, 6.07) is 0.497.